The maximum atomic E-state index is 12.2. The van der Waals surface area contributed by atoms with Gasteiger partial charge in [0.25, 0.3) is 5.91 Å². The second-order valence-electron chi connectivity index (χ2n) is 5.97. The van der Waals surface area contributed by atoms with Crippen molar-refractivity contribution < 1.29 is 19.4 Å². The topological polar surface area (TPSA) is 75.6 Å². The Kier molecular flexibility index (Phi) is 5.41. The maximum Gasteiger partial charge on any atom is 0.306 e. The molecule has 1 amide bonds. The molecule has 1 aromatic rings. The molecule has 2 N–H and O–H groups in total. The number of aryl methyl sites for hydroxylation is 1. The summed E-state index contributed by atoms with van der Waals surface area (Å²) >= 11 is 0. The zero-order valence-electron chi connectivity index (χ0n) is 13.0. The van der Waals surface area contributed by atoms with Crippen LogP contribution in [0.3, 0.4) is 0 Å². The van der Waals surface area contributed by atoms with Gasteiger partial charge in [-0.2, -0.15) is 0 Å². The lowest BCUT2D eigenvalue weighted by Gasteiger charge is -2.27. The average Bonchev–Trinajstić information content (AvgIpc) is 2.47. The van der Waals surface area contributed by atoms with Crippen molar-refractivity contribution in [1.82, 2.24) is 5.32 Å². The van der Waals surface area contributed by atoms with Gasteiger partial charge in [0.15, 0.2) is 6.10 Å². The lowest BCUT2D eigenvalue weighted by molar-refractivity contribution is -0.142. The summed E-state index contributed by atoms with van der Waals surface area (Å²) in [6, 6.07) is 7.63. The first-order valence-corrected chi connectivity index (χ1v) is 7.72. The van der Waals surface area contributed by atoms with E-state index < -0.39 is 12.1 Å². The van der Waals surface area contributed by atoms with Crippen LogP contribution in [0.2, 0.25) is 0 Å². The van der Waals surface area contributed by atoms with Gasteiger partial charge in [-0.1, -0.05) is 12.1 Å². The van der Waals surface area contributed by atoms with E-state index in [1.165, 1.54) is 0 Å². The van der Waals surface area contributed by atoms with Crippen LogP contribution >= 0.6 is 0 Å². The van der Waals surface area contributed by atoms with E-state index in [0.717, 1.165) is 5.56 Å². The average molecular weight is 305 g/mol. The number of hydrogen-bond acceptors (Lipinski definition) is 3. The molecule has 1 fully saturated rings. The third-order valence-corrected chi connectivity index (χ3v) is 4.09. The molecule has 1 aliphatic rings. The fourth-order valence-corrected chi connectivity index (χ4v) is 2.75. The Balaban J connectivity index is 1.81. The van der Waals surface area contributed by atoms with E-state index in [9.17, 15) is 9.59 Å². The third kappa shape index (κ3) is 4.48. The molecular weight excluding hydrogens is 282 g/mol. The molecule has 0 bridgehead atoms. The molecule has 1 aliphatic carbocycles. The highest BCUT2D eigenvalue weighted by atomic mass is 16.5. The van der Waals surface area contributed by atoms with Crippen LogP contribution in [0.4, 0.5) is 0 Å². The van der Waals surface area contributed by atoms with E-state index in [1.807, 2.05) is 31.2 Å². The minimum absolute atomic E-state index is 0.0478. The molecule has 22 heavy (non-hydrogen) atoms. The van der Waals surface area contributed by atoms with E-state index in [0.29, 0.717) is 31.4 Å². The van der Waals surface area contributed by atoms with Gasteiger partial charge in [-0.15, -0.1) is 0 Å². The molecule has 1 aromatic carbocycles. The van der Waals surface area contributed by atoms with Crippen molar-refractivity contribution in [3.63, 3.8) is 0 Å². The van der Waals surface area contributed by atoms with Crippen molar-refractivity contribution in [2.45, 2.75) is 51.7 Å². The Morgan fingerprint density at radius 2 is 1.95 bits per heavy atom. The van der Waals surface area contributed by atoms with Crippen molar-refractivity contribution in [3.05, 3.63) is 29.8 Å². The molecule has 120 valence electrons. The number of amides is 1. The SMILES string of the molecule is Cc1cccc(OC(C)C(=O)NC2CCC(C(=O)O)CC2)c1. The third-order valence-electron chi connectivity index (χ3n) is 4.09. The number of carboxylic acid groups (broad SMARTS) is 1. The number of rotatable bonds is 5. The van der Waals surface area contributed by atoms with Gasteiger partial charge in [-0.3, -0.25) is 9.59 Å². The van der Waals surface area contributed by atoms with Crippen LogP contribution in [0.5, 0.6) is 5.75 Å². The summed E-state index contributed by atoms with van der Waals surface area (Å²) in [6.45, 7) is 3.69. The second kappa shape index (κ2) is 7.29. The first-order valence-electron chi connectivity index (χ1n) is 7.72. The number of nitrogens with one attached hydrogen (secondary N) is 1. The van der Waals surface area contributed by atoms with Crippen molar-refractivity contribution in [3.8, 4) is 5.75 Å². The lowest BCUT2D eigenvalue weighted by atomic mass is 9.86. The zero-order chi connectivity index (χ0) is 16.1. The number of hydrogen-bond donors (Lipinski definition) is 2. The molecule has 0 radical (unpaired) electrons. The van der Waals surface area contributed by atoms with E-state index in [-0.39, 0.29) is 17.9 Å². The van der Waals surface area contributed by atoms with Gasteiger partial charge >= 0.3 is 5.97 Å². The highest BCUT2D eigenvalue weighted by Crippen LogP contribution is 2.24. The molecule has 0 aliphatic heterocycles. The van der Waals surface area contributed by atoms with Crippen LogP contribution in [0.1, 0.15) is 38.2 Å². The molecule has 5 heteroatoms. The van der Waals surface area contributed by atoms with Crippen molar-refractivity contribution in [2.75, 3.05) is 0 Å². The van der Waals surface area contributed by atoms with Crippen LogP contribution < -0.4 is 10.1 Å². The molecule has 1 saturated carbocycles. The molecule has 0 heterocycles. The normalized spacial score (nSPS) is 22.6. The Bertz CT molecular complexity index is 535. The number of carbonyl (C=O) groups is 2. The van der Waals surface area contributed by atoms with Crippen LogP contribution in [0.15, 0.2) is 24.3 Å². The molecule has 2 rings (SSSR count). The summed E-state index contributed by atoms with van der Waals surface area (Å²) in [5, 5.41) is 11.9. The summed E-state index contributed by atoms with van der Waals surface area (Å²) in [7, 11) is 0. The Hall–Kier alpha value is -2.04. The second-order valence-corrected chi connectivity index (χ2v) is 5.97. The fraction of sp³-hybridized carbons (Fsp3) is 0.529. The summed E-state index contributed by atoms with van der Waals surface area (Å²) in [5.74, 6) is -0.479. The Morgan fingerprint density at radius 3 is 2.55 bits per heavy atom. The van der Waals surface area contributed by atoms with Gasteiger partial charge in [0.2, 0.25) is 0 Å². The van der Waals surface area contributed by atoms with Crippen LogP contribution in [-0.4, -0.2) is 29.1 Å². The standard InChI is InChI=1S/C17H23NO4/c1-11-4-3-5-15(10-11)22-12(2)16(19)18-14-8-6-13(7-9-14)17(20)21/h3-5,10,12-14H,6-9H2,1-2H3,(H,18,19)(H,20,21). The largest absolute Gasteiger partial charge is 0.481 e. The highest BCUT2D eigenvalue weighted by Gasteiger charge is 2.27. The molecule has 0 spiro atoms. The van der Waals surface area contributed by atoms with E-state index in [1.54, 1.807) is 6.92 Å². The van der Waals surface area contributed by atoms with Gasteiger partial charge in [0.05, 0.1) is 5.92 Å². The van der Waals surface area contributed by atoms with Gasteiger partial charge in [0, 0.05) is 6.04 Å². The van der Waals surface area contributed by atoms with Crippen molar-refractivity contribution in [1.29, 1.82) is 0 Å². The molecular formula is C17H23NO4. The zero-order valence-corrected chi connectivity index (χ0v) is 13.0. The lowest BCUT2D eigenvalue weighted by Crippen LogP contribution is -2.44. The molecule has 0 aromatic heterocycles. The maximum absolute atomic E-state index is 12.2. The number of ether oxygens (including phenoxy) is 1. The first-order chi connectivity index (χ1) is 10.5. The molecule has 1 unspecified atom stereocenters. The van der Waals surface area contributed by atoms with Crippen molar-refractivity contribution >= 4 is 11.9 Å². The predicted molar refractivity (Wildman–Crippen MR) is 82.8 cm³/mol. The quantitative estimate of drug-likeness (QED) is 0.876. The summed E-state index contributed by atoms with van der Waals surface area (Å²) in [4.78, 5) is 23.1. The van der Waals surface area contributed by atoms with E-state index in [2.05, 4.69) is 5.32 Å². The highest BCUT2D eigenvalue weighted by molar-refractivity contribution is 5.81. The van der Waals surface area contributed by atoms with E-state index in [4.69, 9.17) is 9.84 Å². The monoisotopic (exact) mass is 305 g/mol. The summed E-state index contributed by atoms with van der Waals surface area (Å²) in [6.07, 6.45) is 2.08. The van der Waals surface area contributed by atoms with Crippen molar-refractivity contribution in [2.24, 2.45) is 5.92 Å². The number of aliphatic carboxylic acids is 1. The van der Waals surface area contributed by atoms with Gasteiger partial charge in [-0.25, -0.2) is 0 Å². The van der Waals surface area contributed by atoms with Crippen LogP contribution in [0, 0.1) is 12.8 Å². The van der Waals surface area contributed by atoms with E-state index >= 15 is 0 Å². The minimum Gasteiger partial charge on any atom is -0.481 e. The summed E-state index contributed by atoms with van der Waals surface area (Å²) in [5.41, 5.74) is 1.08. The fourth-order valence-electron chi connectivity index (χ4n) is 2.75. The summed E-state index contributed by atoms with van der Waals surface area (Å²) < 4.78 is 5.65. The molecule has 5 nitrogen and oxygen atoms in total. The molecule has 0 saturated heterocycles. The molecule has 1 atom stereocenters. The first kappa shape index (κ1) is 16.3. The number of benzene rings is 1. The Labute approximate surface area is 130 Å². The van der Waals surface area contributed by atoms with Gasteiger partial charge < -0.3 is 15.2 Å². The predicted octanol–water partition coefficient (Wildman–Crippen LogP) is 2.52. The Morgan fingerprint density at radius 1 is 1.27 bits per heavy atom. The van der Waals surface area contributed by atoms with Crippen LogP contribution in [-0.2, 0) is 9.59 Å². The minimum atomic E-state index is -0.735. The number of carboxylic acids is 1. The smallest absolute Gasteiger partial charge is 0.306 e. The van der Waals surface area contributed by atoms with Gasteiger partial charge in [-0.05, 0) is 57.2 Å². The van der Waals surface area contributed by atoms with Crippen LogP contribution in [0.25, 0.3) is 0 Å². The van der Waals surface area contributed by atoms with Gasteiger partial charge in [0.1, 0.15) is 5.75 Å². The number of carbonyl (C=O) groups excluding carboxylic acids is 1.